The molecule has 0 radical (unpaired) electrons. The zero-order valence-corrected chi connectivity index (χ0v) is 12.3. The summed E-state index contributed by atoms with van der Waals surface area (Å²) in [5, 5.41) is 8.79. The monoisotopic (exact) mass is 312 g/mol. The molecule has 0 amide bonds. The molecule has 0 aliphatic rings. The van der Waals surface area contributed by atoms with Gasteiger partial charge in [0.05, 0.1) is 15.8 Å². The van der Waals surface area contributed by atoms with Crippen LogP contribution in [0.2, 0.25) is 8.67 Å². The maximum absolute atomic E-state index is 11.9. The van der Waals surface area contributed by atoms with Crippen LogP contribution < -0.4 is 4.72 Å². The Morgan fingerprint density at radius 1 is 1.53 bits per heavy atom. The average molecular weight is 313 g/mol. The molecular formula is C9H10Cl2N2O2S2. The molecule has 17 heavy (non-hydrogen) atoms. The number of nitrogens with zero attached hydrogens (tertiary/aromatic N) is 1. The molecule has 0 atom stereocenters. The second-order valence-corrected chi connectivity index (χ2v) is 8.03. The maximum Gasteiger partial charge on any atom is 0.243 e. The Hall–Kier alpha value is -0.320. The summed E-state index contributed by atoms with van der Waals surface area (Å²) in [5.74, 6) is 0. The molecule has 4 nitrogen and oxygen atoms in total. The van der Waals surface area contributed by atoms with Crippen molar-refractivity contribution < 1.29 is 8.42 Å². The Bertz CT molecular complexity index is 558. The fourth-order valence-electron chi connectivity index (χ4n) is 0.901. The maximum atomic E-state index is 11.9. The highest BCUT2D eigenvalue weighted by atomic mass is 35.5. The molecule has 0 aliphatic heterocycles. The molecule has 1 aromatic rings. The van der Waals surface area contributed by atoms with Crippen LogP contribution in [0.25, 0.3) is 0 Å². The SMILES string of the molecule is CC(C)(C#N)CNS(=O)(=O)c1cc(Cl)sc1Cl. The van der Waals surface area contributed by atoms with Crippen molar-refractivity contribution >= 4 is 44.6 Å². The van der Waals surface area contributed by atoms with Crippen molar-refractivity contribution in [3.8, 4) is 6.07 Å². The highest BCUT2D eigenvalue weighted by Crippen LogP contribution is 2.34. The van der Waals surface area contributed by atoms with Crippen molar-refractivity contribution in [1.82, 2.24) is 4.72 Å². The van der Waals surface area contributed by atoms with Crippen LogP contribution in [0.4, 0.5) is 0 Å². The van der Waals surface area contributed by atoms with Gasteiger partial charge in [-0.05, 0) is 19.9 Å². The van der Waals surface area contributed by atoms with Gasteiger partial charge in [0, 0.05) is 6.54 Å². The predicted octanol–water partition coefficient (Wildman–Crippen LogP) is 2.88. The zero-order chi connectivity index (χ0) is 13.3. The molecule has 1 N–H and O–H groups in total. The van der Waals surface area contributed by atoms with Crippen LogP contribution in [0.5, 0.6) is 0 Å². The van der Waals surface area contributed by atoms with Gasteiger partial charge in [-0.15, -0.1) is 11.3 Å². The number of nitrogens with one attached hydrogen (secondary N) is 1. The zero-order valence-electron chi connectivity index (χ0n) is 9.12. The van der Waals surface area contributed by atoms with Crippen molar-refractivity contribution in [2.45, 2.75) is 18.7 Å². The van der Waals surface area contributed by atoms with E-state index in [2.05, 4.69) is 4.72 Å². The molecule has 0 aliphatic carbocycles. The van der Waals surface area contributed by atoms with Gasteiger partial charge in [0.1, 0.15) is 9.23 Å². The van der Waals surface area contributed by atoms with E-state index >= 15 is 0 Å². The van der Waals surface area contributed by atoms with Gasteiger partial charge >= 0.3 is 0 Å². The van der Waals surface area contributed by atoms with E-state index in [1.54, 1.807) is 13.8 Å². The molecular weight excluding hydrogens is 303 g/mol. The van der Waals surface area contributed by atoms with E-state index in [1.165, 1.54) is 6.07 Å². The number of thiophene rings is 1. The molecule has 8 heteroatoms. The molecule has 0 spiro atoms. The van der Waals surface area contributed by atoms with Crippen LogP contribution in [-0.2, 0) is 10.0 Å². The minimum atomic E-state index is -3.72. The van der Waals surface area contributed by atoms with E-state index < -0.39 is 15.4 Å². The summed E-state index contributed by atoms with van der Waals surface area (Å²) in [7, 11) is -3.72. The first-order valence-corrected chi connectivity index (χ1v) is 7.59. The highest BCUT2D eigenvalue weighted by Gasteiger charge is 2.25. The van der Waals surface area contributed by atoms with Gasteiger partial charge in [-0.1, -0.05) is 23.2 Å². The molecule has 1 aromatic heterocycles. The van der Waals surface area contributed by atoms with Gasteiger partial charge < -0.3 is 0 Å². The lowest BCUT2D eigenvalue weighted by molar-refractivity contribution is 0.479. The fraction of sp³-hybridized carbons (Fsp3) is 0.444. The van der Waals surface area contributed by atoms with E-state index in [1.807, 2.05) is 6.07 Å². The number of sulfonamides is 1. The smallest absolute Gasteiger partial charge is 0.209 e. The number of hydrogen-bond donors (Lipinski definition) is 1. The van der Waals surface area contributed by atoms with Gasteiger partial charge in [0.2, 0.25) is 10.0 Å². The summed E-state index contributed by atoms with van der Waals surface area (Å²) in [5.41, 5.74) is -0.778. The Kier molecular flexibility index (Phi) is 4.44. The topological polar surface area (TPSA) is 70.0 Å². The molecule has 0 aromatic carbocycles. The lowest BCUT2D eigenvalue weighted by atomic mass is 9.97. The third kappa shape index (κ3) is 3.83. The molecule has 0 unspecified atom stereocenters. The van der Waals surface area contributed by atoms with E-state index in [0.717, 1.165) is 11.3 Å². The van der Waals surface area contributed by atoms with Crippen molar-refractivity contribution in [2.24, 2.45) is 5.41 Å². The first kappa shape index (κ1) is 14.7. The molecule has 94 valence electrons. The Labute approximate surface area is 114 Å². The minimum Gasteiger partial charge on any atom is -0.209 e. The lowest BCUT2D eigenvalue weighted by Gasteiger charge is -2.15. The van der Waals surface area contributed by atoms with Gasteiger partial charge in [-0.25, -0.2) is 13.1 Å². The summed E-state index contributed by atoms with van der Waals surface area (Å²) >= 11 is 12.4. The second-order valence-electron chi connectivity index (χ2n) is 4.01. The average Bonchev–Trinajstić information content (AvgIpc) is 2.56. The first-order chi connectivity index (χ1) is 7.68. The number of nitriles is 1. The van der Waals surface area contributed by atoms with Crippen molar-refractivity contribution in [2.75, 3.05) is 6.54 Å². The van der Waals surface area contributed by atoms with Crippen LogP contribution in [-0.4, -0.2) is 15.0 Å². The quantitative estimate of drug-likeness (QED) is 0.929. The lowest BCUT2D eigenvalue weighted by Crippen LogP contribution is -2.33. The molecule has 0 saturated heterocycles. The highest BCUT2D eigenvalue weighted by molar-refractivity contribution is 7.89. The largest absolute Gasteiger partial charge is 0.243 e. The number of rotatable bonds is 4. The van der Waals surface area contributed by atoms with Crippen LogP contribution in [0.3, 0.4) is 0 Å². The first-order valence-electron chi connectivity index (χ1n) is 4.54. The summed E-state index contributed by atoms with van der Waals surface area (Å²) < 4.78 is 26.5. The minimum absolute atomic E-state index is 0.00955. The van der Waals surface area contributed by atoms with E-state index in [0.29, 0.717) is 4.34 Å². The molecule has 1 rings (SSSR count). The number of hydrogen-bond acceptors (Lipinski definition) is 4. The van der Waals surface area contributed by atoms with Crippen LogP contribution in [0.15, 0.2) is 11.0 Å². The van der Waals surface area contributed by atoms with E-state index in [4.69, 9.17) is 28.5 Å². The third-order valence-electron chi connectivity index (χ3n) is 1.92. The van der Waals surface area contributed by atoms with Crippen molar-refractivity contribution in [3.05, 3.63) is 14.7 Å². The Balaban J connectivity index is 2.92. The summed E-state index contributed by atoms with van der Waals surface area (Å²) in [6, 6.07) is 3.29. The number of halogens is 2. The summed E-state index contributed by atoms with van der Waals surface area (Å²) in [4.78, 5) is -0.0529. The van der Waals surface area contributed by atoms with E-state index in [-0.39, 0.29) is 15.8 Å². The summed E-state index contributed by atoms with van der Waals surface area (Å²) in [6.07, 6.45) is 0. The Morgan fingerprint density at radius 2 is 2.12 bits per heavy atom. The molecule has 1 heterocycles. The molecule has 0 fully saturated rings. The standard InChI is InChI=1S/C9H10Cl2N2O2S2/c1-9(2,4-12)5-13-17(14,15)6-3-7(10)16-8(6)11/h3,13H,5H2,1-2H3. The third-order valence-corrected chi connectivity index (χ3v) is 5.08. The van der Waals surface area contributed by atoms with Crippen LogP contribution in [0, 0.1) is 16.7 Å². The fourth-order valence-corrected chi connectivity index (χ4v) is 4.26. The van der Waals surface area contributed by atoms with Gasteiger partial charge in [-0.3, -0.25) is 0 Å². The van der Waals surface area contributed by atoms with Crippen LogP contribution >= 0.6 is 34.5 Å². The van der Waals surface area contributed by atoms with Crippen LogP contribution in [0.1, 0.15) is 13.8 Å². The normalized spacial score (nSPS) is 12.4. The van der Waals surface area contributed by atoms with Crippen molar-refractivity contribution in [1.29, 1.82) is 5.26 Å². The Morgan fingerprint density at radius 3 is 2.53 bits per heavy atom. The molecule has 0 saturated carbocycles. The predicted molar refractivity (Wildman–Crippen MR) is 68.9 cm³/mol. The second kappa shape index (κ2) is 5.12. The molecule has 0 bridgehead atoms. The van der Waals surface area contributed by atoms with Gasteiger partial charge in [0.15, 0.2) is 0 Å². The van der Waals surface area contributed by atoms with Gasteiger partial charge in [-0.2, -0.15) is 5.26 Å². The van der Waals surface area contributed by atoms with Crippen molar-refractivity contribution in [3.63, 3.8) is 0 Å². The van der Waals surface area contributed by atoms with Gasteiger partial charge in [0.25, 0.3) is 0 Å². The summed E-state index contributed by atoms with van der Waals surface area (Å²) in [6.45, 7) is 3.28. The van der Waals surface area contributed by atoms with E-state index in [9.17, 15) is 8.42 Å².